The zero-order valence-electron chi connectivity index (χ0n) is 18.3. The Morgan fingerprint density at radius 3 is 1.73 bits per heavy atom. The van der Waals surface area contributed by atoms with Crippen molar-refractivity contribution in [1.82, 2.24) is 0 Å². The minimum Gasteiger partial charge on any atom is -0.505 e. The molecule has 0 aliphatic carbocycles. The smallest absolute Gasteiger partial charge is 0.505 e. The molecule has 0 saturated heterocycles. The summed E-state index contributed by atoms with van der Waals surface area (Å²) in [4.78, 5) is 19.7. The number of nitro groups is 2. The number of benzene rings is 3. The number of hydrogen-bond donors (Lipinski definition) is 4. The Morgan fingerprint density at radius 1 is 0.730 bits per heavy atom. The zero-order valence-corrected chi connectivity index (χ0v) is 22.2. The number of nitrogens with zero attached hydrogens (tertiary/aromatic N) is 6. The Kier molecular flexibility index (Phi) is 10.8. The van der Waals surface area contributed by atoms with Gasteiger partial charge in [-0.1, -0.05) is 0 Å². The molecule has 188 valence electrons. The third-order valence-corrected chi connectivity index (χ3v) is 5.07. The van der Waals surface area contributed by atoms with Crippen LogP contribution in [0.1, 0.15) is 0 Å². The second-order valence-electron chi connectivity index (χ2n) is 6.55. The van der Waals surface area contributed by atoms with E-state index in [9.17, 15) is 44.0 Å². The number of nitro benzene ring substituents is 2. The van der Waals surface area contributed by atoms with Gasteiger partial charge in [0, 0.05) is 35.3 Å². The summed E-state index contributed by atoms with van der Waals surface area (Å²) in [7, 11) is -4.41. The Morgan fingerprint density at radius 2 is 1.24 bits per heavy atom. The molecule has 19 heteroatoms. The Balaban J connectivity index is 0.00000342. The predicted molar refractivity (Wildman–Crippen MR) is 116 cm³/mol. The predicted octanol–water partition coefficient (Wildman–Crippen LogP) is 1.70. The molecule has 0 aliphatic rings. The van der Waals surface area contributed by atoms with Gasteiger partial charge in [0.15, 0.2) is 0 Å². The first-order chi connectivity index (χ1) is 16.4. The van der Waals surface area contributed by atoms with Gasteiger partial charge in [0.2, 0.25) is 5.75 Å². The van der Waals surface area contributed by atoms with Gasteiger partial charge in [0.05, 0.1) is 26.5 Å². The van der Waals surface area contributed by atoms with E-state index in [1.54, 1.807) is 0 Å². The third kappa shape index (κ3) is 7.73. The summed E-state index contributed by atoms with van der Waals surface area (Å²) >= 11 is 0. The first kappa shape index (κ1) is 31.5. The molecule has 0 fully saturated rings. The molecule has 4 N–H and O–H groups in total. The normalized spacial score (nSPS) is 11.2. The fourth-order valence-electron chi connectivity index (χ4n) is 2.53. The molecule has 0 saturated carbocycles. The summed E-state index contributed by atoms with van der Waals surface area (Å²) in [5.41, 5.74) is -2.84. The fourth-order valence-corrected chi connectivity index (χ4v) is 3.01. The van der Waals surface area contributed by atoms with Gasteiger partial charge in [-0.05, 0) is 24.3 Å². The molecule has 37 heavy (non-hydrogen) atoms. The molecule has 0 amide bonds. The maximum atomic E-state index is 11.1. The number of non-ortho nitro benzene ring substituents is 1. The quantitative estimate of drug-likeness (QED) is 0.103. The van der Waals surface area contributed by atoms with Gasteiger partial charge in [0.1, 0.15) is 28.6 Å². The van der Waals surface area contributed by atoms with Crippen molar-refractivity contribution in [3.05, 3.63) is 68.8 Å². The van der Waals surface area contributed by atoms with Crippen LogP contribution in [0.5, 0.6) is 17.2 Å². The van der Waals surface area contributed by atoms with Crippen molar-refractivity contribution in [3.63, 3.8) is 0 Å². The van der Waals surface area contributed by atoms with Crippen LogP contribution in [0.25, 0.3) is 0 Å². The third-order valence-electron chi connectivity index (χ3n) is 4.21. The molecule has 0 heterocycles. The Labute approximate surface area is 239 Å². The minimum atomic E-state index is -4.41. The zero-order chi connectivity index (χ0) is 25.9. The van der Waals surface area contributed by atoms with E-state index in [0.717, 1.165) is 30.3 Å². The summed E-state index contributed by atoms with van der Waals surface area (Å²) < 4.78 is 31.1. The molecule has 0 aliphatic heterocycles. The second kappa shape index (κ2) is 12.6. The fraction of sp³-hybridized carbons (Fsp3) is 0. The standard InChI is InChI=1S/C18H12N6O10S.Fe.Na/c25-16-8-17(26)13(7-12(16)20-19-9-1-3-11(4-2-9)35(32,33)34)21-22-14-5-10(23(28)29)6-15(18(14)27)24(30)31;;/h1-8,25-27H,(H,32,33,34);;/q;;+1. The van der Waals surface area contributed by atoms with Crippen LogP contribution in [0.2, 0.25) is 0 Å². The van der Waals surface area contributed by atoms with E-state index in [-0.39, 0.29) is 68.6 Å². The summed E-state index contributed by atoms with van der Waals surface area (Å²) in [5, 5.41) is 66.6. The van der Waals surface area contributed by atoms with Crippen LogP contribution in [-0.4, -0.2) is 38.1 Å². The van der Waals surface area contributed by atoms with Gasteiger partial charge < -0.3 is 15.3 Å². The van der Waals surface area contributed by atoms with Gasteiger partial charge in [-0.3, -0.25) is 24.8 Å². The molecule has 0 bridgehead atoms. The minimum absolute atomic E-state index is 0. The second-order valence-corrected chi connectivity index (χ2v) is 7.97. The van der Waals surface area contributed by atoms with Gasteiger partial charge in [0.25, 0.3) is 15.8 Å². The SMILES string of the molecule is O=[N+]([O-])c1cc(N=Nc2cc(N=Nc3ccc(S(=O)(=O)O)cc3)c(O)cc2O)c(O)c([N+](=O)[O-])c1.[Fe].[Na+]. The molecular weight excluding hydrogens is 571 g/mol. The van der Waals surface area contributed by atoms with Crippen molar-refractivity contribution in [1.29, 1.82) is 0 Å². The number of hydrogen-bond acceptors (Lipinski definition) is 13. The van der Waals surface area contributed by atoms with Crippen molar-refractivity contribution in [3.8, 4) is 17.2 Å². The van der Waals surface area contributed by atoms with Crippen LogP contribution in [0.15, 0.2) is 73.9 Å². The van der Waals surface area contributed by atoms with Crippen molar-refractivity contribution in [2.24, 2.45) is 20.5 Å². The first-order valence-electron chi connectivity index (χ1n) is 8.99. The van der Waals surface area contributed by atoms with E-state index in [1.165, 1.54) is 12.1 Å². The van der Waals surface area contributed by atoms with E-state index < -0.39 is 54.3 Å². The van der Waals surface area contributed by atoms with E-state index in [4.69, 9.17) is 4.55 Å². The molecule has 3 aromatic rings. The van der Waals surface area contributed by atoms with Crippen molar-refractivity contribution in [2.45, 2.75) is 4.90 Å². The molecule has 0 radical (unpaired) electrons. The van der Waals surface area contributed by atoms with Crippen LogP contribution in [-0.2, 0) is 27.2 Å². The molecule has 0 spiro atoms. The topological polar surface area (TPSA) is 251 Å². The molecular formula is C18H12FeN6NaO10S+. The van der Waals surface area contributed by atoms with Crippen LogP contribution < -0.4 is 29.6 Å². The molecule has 16 nitrogen and oxygen atoms in total. The van der Waals surface area contributed by atoms with Crippen LogP contribution >= 0.6 is 0 Å². The Hall–Kier alpha value is -3.51. The van der Waals surface area contributed by atoms with E-state index >= 15 is 0 Å². The summed E-state index contributed by atoms with van der Waals surface area (Å²) in [6, 6.07) is 7.61. The van der Waals surface area contributed by atoms with Gasteiger partial charge >= 0.3 is 35.2 Å². The average Bonchev–Trinajstić information content (AvgIpc) is 2.78. The number of phenols is 3. The molecule has 3 rings (SSSR count). The maximum absolute atomic E-state index is 11.1. The maximum Gasteiger partial charge on any atom is 1.00 e. The van der Waals surface area contributed by atoms with Crippen molar-refractivity contribution >= 4 is 44.2 Å². The summed E-state index contributed by atoms with van der Waals surface area (Å²) in [5.74, 6) is -2.17. The van der Waals surface area contributed by atoms with Gasteiger partial charge in [-0.25, -0.2) is 0 Å². The average molecular weight is 583 g/mol. The molecule has 0 atom stereocenters. The van der Waals surface area contributed by atoms with Gasteiger partial charge in [-0.15, -0.1) is 15.3 Å². The molecule has 0 unspecified atom stereocenters. The van der Waals surface area contributed by atoms with Crippen molar-refractivity contribution < 1.29 is 84.8 Å². The van der Waals surface area contributed by atoms with Crippen LogP contribution in [0, 0.1) is 20.2 Å². The first-order valence-corrected chi connectivity index (χ1v) is 10.4. The summed E-state index contributed by atoms with van der Waals surface area (Å²) in [6.45, 7) is 0. The Bertz CT molecular complexity index is 1520. The van der Waals surface area contributed by atoms with Crippen molar-refractivity contribution in [2.75, 3.05) is 0 Å². The summed E-state index contributed by atoms with van der Waals surface area (Å²) in [6.07, 6.45) is 0. The van der Waals surface area contributed by atoms with Crippen LogP contribution in [0.4, 0.5) is 34.1 Å². The molecule has 3 aromatic carbocycles. The number of azo groups is 2. The van der Waals surface area contributed by atoms with E-state index in [0.29, 0.717) is 6.07 Å². The number of rotatable bonds is 7. The molecule has 0 aromatic heterocycles. The number of phenolic OH excluding ortho intramolecular Hbond substituents is 3. The van der Waals surface area contributed by atoms with E-state index in [2.05, 4.69) is 20.5 Å². The van der Waals surface area contributed by atoms with Crippen LogP contribution in [0.3, 0.4) is 0 Å². The monoisotopic (exact) mass is 583 g/mol. The largest absolute Gasteiger partial charge is 1.00 e. The number of aromatic hydroxyl groups is 3. The van der Waals surface area contributed by atoms with Gasteiger partial charge in [-0.2, -0.15) is 13.5 Å². The van der Waals surface area contributed by atoms with E-state index in [1.807, 2.05) is 0 Å².